The van der Waals surface area contributed by atoms with Gasteiger partial charge in [-0.2, -0.15) is 0 Å². The van der Waals surface area contributed by atoms with Crippen LogP contribution in [0.5, 0.6) is 5.75 Å². The average Bonchev–Trinajstić information content (AvgIpc) is 2.94. The van der Waals surface area contributed by atoms with Crippen LogP contribution in [0.4, 0.5) is 10.3 Å². The predicted molar refractivity (Wildman–Crippen MR) is 71.0 cm³/mol. The molecule has 0 atom stereocenters. The molecule has 0 saturated heterocycles. The average molecular weight is 276 g/mol. The van der Waals surface area contributed by atoms with Crippen LogP contribution in [-0.4, -0.2) is 21.8 Å². The Bertz CT molecular complexity index is 778. The Labute approximate surface area is 113 Å². The summed E-state index contributed by atoms with van der Waals surface area (Å²) in [5.41, 5.74) is 7.81. The van der Waals surface area contributed by atoms with Crippen LogP contribution < -0.4 is 10.5 Å². The third-order valence-corrected chi connectivity index (χ3v) is 3.04. The van der Waals surface area contributed by atoms with Crippen molar-refractivity contribution >= 4 is 17.0 Å². The lowest BCUT2D eigenvalue weighted by molar-refractivity contribution is 0.374. The SMILES string of the molecule is COc1cc2c(cc1F)nc(N)n2Cc1cc(C)no1. The number of fused-ring (bicyclic) bond motifs is 1. The molecule has 0 aliphatic heterocycles. The second-order valence-electron chi connectivity index (χ2n) is 4.47. The molecule has 7 heteroatoms. The van der Waals surface area contributed by atoms with Crippen LogP contribution in [-0.2, 0) is 6.54 Å². The van der Waals surface area contributed by atoms with Gasteiger partial charge in [0.25, 0.3) is 0 Å². The summed E-state index contributed by atoms with van der Waals surface area (Å²) in [4.78, 5) is 4.14. The molecule has 20 heavy (non-hydrogen) atoms. The molecule has 2 aromatic heterocycles. The van der Waals surface area contributed by atoms with Crippen molar-refractivity contribution in [3.63, 3.8) is 0 Å². The molecule has 1 aromatic carbocycles. The number of anilines is 1. The highest BCUT2D eigenvalue weighted by Gasteiger charge is 2.14. The zero-order valence-electron chi connectivity index (χ0n) is 11.1. The van der Waals surface area contributed by atoms with Crippen LogP contribution in [0.1, 0.15) is 11.5 Å². The van der Waals surface area contributed by atoms with E-state index in [1.165, 1.54) is 13.2 Å². The van der Waals surface area contributed by atoms with Crippen molar-refractivity contribution in [3.05, 3.63) is 35.5 Å². The monoisotopic (exact) mass is 276 g/mol. The van der Waals surface area contributed by atoms with E-state index in [1.807, 2.05) is 13.0 Å². The molecular formula is C13H13FN4O2. The number of benzene rings is 1. The van der Waals surface area contributed by atoms with E-state index in [2.05, 4.69) is 10.1 Å². The summed E-state index contributed by atoms with van der Waals surface area (Å²) in [6, 6.07) is 4.68. The van der Waals surface area contributed by atoms with Crippen molar-refractivity contribution in [2.24, 2.45) is 0 Å². The molecule has 6 nitrogen and oxygen atoms in total. The van der Waals surface area contributed by atoms with E-state index < -0.39 is 5.82 Å². The van der Waals surface area contributed by atoms with Crippen molar-refractivity contribution in [2.45, 2.75) is 13.5 Å². The van der Waals surface area contributed by atoms with E-state index >= 15 is 0 Å². The number of aromatic nitrogens is 3. The highest BCUT2D eigenvalue weighted by atomic mass is 19.1. The van der Waals surface area contributed by atoms with Gasteiger partial charge in [0.05, 0.1) is 30.4 Å². The van der Waals surface area contributed by atoms with Crippen molar-refractivity contribution in [3.8, 4) is 5.75 Å². The van der Waals surface area contributed by atoms with Gasteiger partial charge in [0.1, 0.15) is 0 Å². The van der Waals surface area contributed by atoms with E-state index in [9.17, 15) is 4.39 Å². The Morgan fingerprint density at radius 3 is 2.85 bits per heavy atom. The summed E-state index contributed by atoms with van der Waals surface area (Å²) in [7, 11) is 1.41. The minimum atomic E-state index is -0.472. The summed E-state index contributed by atoms with van der Waals surface area (Å²) < 4.78 is 25.5. The Morgan fingerprint density at radius 2 is 2.20 bits per heavy atom. The fourth-order valence-electron chi connectivity index (χ4n) is 2.11. The lowest BCUT2D eigenvalue weighted by atomic mass is 10.2. The van der Waals surface area contributed by atoms with Gasteiger partial charge in [0.15, 0.2) is 17.3 Å². The summed E-state index contributed by atoms with van der Waals surface area (Å²) in [6.45, 7) is 2.21. The Morgan fingerprint density at radius 1 is 1.40 bits per heavy atom. The molecule has 0 fully saturated rings. The summed E-state index contributed by atoms with van der Waals surface area (Å²) in [5, 5.41) is 3.82. The second kappa shape index (κ2) is 4.52. The third-order valence-electron chi connectivity index (χ3n) is 3.04. The first-order chi connectivity index (χ1) is 9.58. The van der Waals surface area contributed by atoms with Crippen LogP contribution >= 0.6 is 0 Å². The van der Waals surface area contributed by atoms with Gasteiger partial charge in [0, 0.05) is 18.2 Å². The molecule has 104 valence electrons. The number of rotatable bonds is 3. The normalized spacial score (nSPS) is 11.2. The van der Waals surface area contributed by atoms with Crippen LogP contribution in [0.15, 0.2) is 22.7 Å². The number of hydrogen-bond donors (Lipinski definition) is 1. The molecule has 0 saturated carbocycles. The maximum Gasteiger partial charge on any atom is 0.201 e. The quantitative estimate of drug-likeness (QED) is 0.792. The van der Waals surface area contributed by atoms with Crippen LogP contribution in [0.2, 0.25) is 0 Å². The number of nitrogen functional groups attached to an aromatic ring is 1. The van der Waals surface area contributed by atoms with Gasteiger partial charge < -0.3 is 19.6 Å². The van der Waals surface area contributed by atoms with E-state index in [4.69, 9.17) is 15.0 Å². The van der Waals surface area contributed by atoms with Crippen molar-refractivity contribution in [1.82, 2.24) is 14.7 Å². The van der Waals surface area contributed by atoms with Gasteiger partial charge in [-0.3, -0.25) is 0 Å². The van der Waals surface area contributed by atoms with Gasteiger partial charge in [-0.05, 0) is 6.92 Å². The number of halogens is 1. The van der Waals surface area contributed by atoms with Crippen molar-refractivity contribution in [2.75, 3.05) is 12.8 Å². The Balaban J connectivity index is 2.11. The zero-order valence-corrected chi connectivity index (χ0v) is 11.1. The number of imidazole rings is 1. The maximum absolute atomic E-state index is 13.6. The minimum Gasteiger partial charge on any atom is -0.494 e. The lowest BCUT2D eigenvalue weighted by Gasteiger charge is -2.05. The standard InChI is InChI=1S/C13H13FN4O2/c1-7-3-8(20-17-7)6-18-11-5-12(19-2)9(14)4-10(11)16-13(18)15/h3-5H,6H2,1-2H3,(H2,15,16). The molecule has 2 heterocycles. The fourth-order valence-corrected chi connectivity index (χ4v) is 2.11. The zero-order chi connectivity index (χ0) is 14.3. The second-order valence-corrected chi connectivity index (χ2v) is 4.47. The van der Waals surface area contributed by atoms with Crippen LogP contribution in [0.3, 0.4) is 0 Å². The maximum atomic E-state index is 13.6. The molecule has 0 bridgehead atoms. The molecular weight excluding hydrogens is 263 g/mol. The van der Waals surface area contributed by atoms with Crippen molar-refractivity contribution < 1.29 is 13.7 Å². The fraction of sp³-hybridized carbons (Fsp3) is 0.231. The molecule has 0 spiro atoms. The first-order valence-corrected chi connectivity index (χ1v) is 6.00. The minimum absolute atomic E-state index is 0.146. The molecule has 0 amide bonds. The third kappa shape index (κ3) is 1.97. The highest BCUT2D eigenvalue weighted by molar-refractivity contribution is 5.80. The van der Waals surface area contributed by atoms with Gasteiger partial charge in [-0.25, -0.2) is 9.37 Å². The van der Waals surface area contributed by atoms with Crippen molar-refractivity contribution in [1.29, 1.82) is 0 Å². The van der Waals surface area contributed by atoms with E-state index in [0.29, 0.717) is 23.3 Å². The van der Waals surface area contributed by atoms with E-state index in [-0.39, 0.29) is 11.7 Å². The lowest BCUT2D eigenvalue weighted by Crippen LogP contribution is -2.04. The molecule has 0 aliphatic carbocycles. The number of hydrogen-bond acceptors (Lipinski definition) is 5. The first-order valence-electron chi connectivity index (χ1n) is 6.00. The molecule has 0 radical (unpaired) electrons. The molecule has 3 rings (SSSR count). The number of methoxy groups -OCH3 is 1. The first kappa shape index (κ1) is 12.5. The van der Waals surface area contributed by atoms with E-state index in [1.54, 1.807) is 10.6 Å². The summed E-state index contributed by atoms with van der Waals surface area (Å²) in [5.74, 6) is 0.603. The van der Waals surface area contributed by atoms with Gasteiger partial charge in [-0.15, -0.1) is 0 Å². The smallest absolute Gasteiger partial charge is 0.201 e. The number of aryl methyl sites for hydroxylation is 1. The van der Waals surface area contributed by atoms with Gasteiger partial charge in [0.2, 0.25) is 5.95 Å². The molecule has 2 N–H and O–H groups in total. The topological polar surface area (TPSA) is 79.1 Å². The van der Waals surface area contributed by atoms with Crippen LogP contribution in [0, 0.1) is 12.7 Å². The Hall–Kier alpha value is -2.57. The summed E-state index contributed by atoms with van der Waals surface area (Å²) in [6.07, 6.45) is 0. The Kier molecular flexibility index (Phi) is 2.81. The molecule has 0 aliphatic rings. The summed E-state index contributed by atoms with van der Waals surface area (Å²) >= 11 is 0. The molecule has 0 unspecified atom stereocenters. The number of nitrogens with zero attached hydrogens (tertiary/aromatic N) is 3. The van der Waals surface area contributed by atoms with Crippen LogP contribution in [0.25, 0.3) is 11.0 Å². The van der Waals surface area contributed by atoms with Gasteiger partial charge in [-0.1, -0.05) is 5.16 Å². The largest absolute Gasteiger partial charge is 0.494 e. The number of nitrogens with two attached hydrogens (primary N) is 1. The number of ether oxygens (including phenoxy) is 1. The highest BCUT2D eigenvalue weighted by Crippen LogP contribution is 2.27. The predicted octanol–water partition coefficient (Wildman–Crippen LogP) is 2.11. The molecule has 3 aromatic rings. The van der Waals surface area contributed by atoms with E-state index in [0.717, 1.165) is 5.69 Å². The van der Waals surface area contributed by atoms with Gasteiger partial charge >= 0.3 is 0 Å².